The van der Waals surface area contributed by atoms with E-state index in [4.69, 9.17) is 16.0 Å². The van der Waals surface area contributed by atoms with Crippen LogP contribution in [-0.4, -0.2) is 40.9 Å². The highest BCUT2D eigenvalue weighted by molar-refractivity contribution is 5.78. The Kier molecular flexibility index (Phi) is 7.23. The summed E-state index contributed by atoms with van der Waals surface area (Å²) in [5.41, 5.74) is 7.25. The molecule has 94 valence electrons. The third-order valence-corrected chi connectivity index (χ3v) is 1.79. The lowest BCUT2D eigenvalue weighted by molar-refractivity contribution is -0.138. The molecule has 0 aliphatic heterocycles. The Morgan fingerprint density at radius 1 is 1.50 bits per heavy atom. The lowest BCUT2D eigenvalue weighted by atomic mass is 10.2. The number of aliphatic imine (C=N–C) groups is 1. The summed E-state index contributed by atoms with van der Waals surface area (Å²) in [4.78, 5) is 14.4. The van der Waals surface area contributed by atoms with Gasteiger partial charge in [0.05, 0.1) is 0 Å². The molecule has 0 saturated carbocycles. The summed E-state index contributed by atoms with van der Waals surface area (Å²) in [5, 5.41) is 20.1. The van der Waals surface area contributed by atoms with Gasteiger partial charge in [-0.15, -0.1) is 0 Å². The first-order valence-electron chi connectivity index (χ1n) is 5.16. The van der Waals surface area contributed by atoms with Crippen molar-refractivity contribution >= 4 is 11.9 Å². The molecule has 6 N–H and O–H groups in total. The fourth-order valence-electron chi connectivity index (χ4n) is 1.01. The van der Waals surface area contributed by atoms with Crippen molar-refractivity contribution in [1.82, 2.24) is 10.8 Å². The van der Waals surface area contributed by atoms with Crippen molar-refractivity contribution in [1.29, 1.82) is 0 Å². The minimum Gasteiger partial charge on any atom is -0.480 e. The Hall–Kier alpha value is -1.34. The highest BCUT2D eigenvalue weighted by atomic mass is 16.5. The number of guanidine groups is 1. The predicted octanol–water partition coefficient (Wildman–Crippen LogP) is -0.489. The number of carboxylic acid groups (broad SMARTS) is 1. The number of carboxylic acids is 1. The Balaban J connectivity index is 3.83. The van der Waals surface area contributed by atoms with Crippen LogP contribution in [0.4, 0.5) is 0 Å². The van der Waals surface area contributed by atoms with E-state index in [1.54, 1.807) is 0 Å². The number of nitrogens with one attached hydrogen (secondary N) is 2. The van der Waals surface area contributed by atoms with Crippen LogP contribution in [0.5, 0.6) is 0 Å². The maximum atomic E-state index is 10.4. The van der Waals surface area contributed by atoms with Crippen LogP contribution < -0.4 is 16.5 Å². The average molecular weight is 232 g/mol. The number of hydroxylamine groups is 1. The zero-order valence-electron chi connectivity index (χ0n) is 9.60. The molecule has 0 heterocycles. The number of hydrogen-bond donors (Lipinski definition) is 5. The van der Waals surface area contributed by atoms with Gasteiger partial charge in [0, 0.05) is 12.6 Å². The van der Waals surface area contributed by atoms with E-state index in [1.165, 1.54) is 0 Å². The number of hydrogen-bond acceptors (Lipinski definition) is 4. The Morgan fingerprint density at radius 3 is 2.56 bits per heavy atom. The first kappa shape index (κ1) is 14.7. The van der Waals surface area contributed by atoms with Gasteiger partial charge in [-0.2, -0.15) is 0 Å². The van der Waals surface area contributed by atoms with Gasteiger partial charge in [-0.3, -0.25) is 15.0 Å². The Labute approximate surface area is 94.7 Å². The second-order valence-electron chi connectivity index (χ2n) is 3.73. The minimum absolute atomic E-state index is 0.152. The van der Waals surface area contributed by atoms with Gasteiger partial charge in [-0.25, -0.2) is 5.48 Å². The topological polar surface area (TPSA) is 120 Å². The fourth-order valence-corrected chi connectivity index (χ4v) is 1.01. The fraction of sp³-hybridized carbons (Fsp3) is 0.778. The molecule has 0 spiro atoms. The maximum absolute atomic E-state index is 10.4. The molecule has 0 aliphatic carbocycles. The molecular formula is C9H20N4O3. The summed E-state index contributed by atoms with van der Waals surface area (Å²) in [5.74, 6) is -0.733. The summed E-state index contributed by atoms with van der Waals surface area (Å²) >= 11 is 0. The average Bonchev–Trinajstić information content (AvgIpc) is 2.21. The molecule has 16 heavy (non-hydrogen) atoms. The zero-order valence-corrected chi connectivity index (χ0v) is 9.60. The van der Waals surface area contributed by atoms with Crippen molar-refractivity contribution in [2.45, 2.75) is 38.8 Å². The number of nitrogens with zero attached hydrogens (tertiary/aromatic N) is 1. The van der Waals surface area contributed by atoms with Crippen LogP contribution in [0.25, 0.3) is 0 Å². The second kappa shape index (κ2) is 7.89. The van der Waals surface area contributed by atoms with Crippen molar-refractivity contribution in [2.75, 3.05) is 6.54 Å². The quantitative estimate of drug-likeness (QED) is 0.182. The van der Waals surface area contributed by atoms with E-state index in [1.807, 2.05) is 19.3 Å². The van der Waals surface area contributed by atoms with E-state index < -0.39 is 12.0 Å². The normalized spacial score (nSPS) is 13.7. The zero-order chi connectivity index (χ0) is 12.6. The highest BCUT2D eigenvalue weighted by Gasteiger charge is 2.09. The Morgan fingerprint density at radius 2 is 2.12 bits per heavy atom. The summed E-state index contributed by atoms with van der Waals surface area (Å²) < 4.78 is 0. The molecule has 0 fully saturated rings. The van der Waals surface area contributed by atoms with Crippen LogP contribution in [0.3, 0.4) is 0 Å². The summed E-state index contributed by atoms with van der Waals surface area (Å²) in [6.45, 7) is 4.23. The van der Waals surface area contributed by atoms with Gasteiger partial charge in [0.25, 0.3) is 0 Å². The SMILES string of the molecule is CC(C)NC(=NCCC[C@H](N)C(=O)O)NO. The van der Waals surface area contributed by atoms with Gasteiger partial charge in [0.15, 0.2) is 0 Å². The maximum Gasteiger partial charge on any atom is 0.320 e. The molecule has 0 aromatic heterocycles. The van der Waals surface area contributed by atoms with Crippen LogP contribution >= 0.6 is 0 Å². The third-order valence-electron chi connectivity index (χ3n) is 1.79. The van der Waals surface area contributed by atoms with Gasteiger partial charge in [0.1, 0.15) is 6.04 Å². The number of carbonyl (C=O) groups is 1. The van der Waals surface area contributed by atoms with Gasteiger partial charge >= 0.3 is 5.97 Å². The van der Waals surface area contributed by atoms with E-state index in [2.05, 4.69) is 10.3 Å². The molecular weight excluding hydrogens is 212 g/mol. The molecule has 0 radical (unpaired) electrons. The molecule has 0 rings (SSSR count). The van der Waals surface area contributed by atoms with Crippen molar-refractivity contribution in [3.63, 3.8) is 0 Å². The molecule has 0 aromatic rings. The van der Waals surface area contributed by atoms with Crippen molar-refractivity contribution in [3.05, 3.63) is 0 Å². The lowest BCUT2D eigenvalue weighted by Crippen LogP contribution is -2.39. The molecule has 0 aromatic carbocycles. The van der Waals surface area contributed by atoms with Crippen LogP contribution in [0, 0.1) is 0 Å². The van der Waals surface area contributed by atoms with Crippen LogP contribution in [0.1, 0.15) is 26.7 Å². The van der Waals surface area contributed by atoms with Crippen molar-refractivity contribution in [3.8, 4) is 0 Å². The predicted molar refractivity (Wildman–Crippen MR) is 60.3 cm³/mol. The summed E-state index contributed by atoms with van der Waals surface area (Å²) in [6.07, 6.45) is 0.914. The summed E-state index contributed by atoms with van der Waals surface area (Å²) in [7, 11) is 0. The van der Waals surface area contributed by atoms with Crippen molar-refractivity contribution in [2.24, 2.45) is 10.7 Å². The molecule has 0 amide bonds. The number of rotatable bonds is 6. The first-order valence-corrected chi connectivity index (χ1v) is 5.16. The highest BCUT2D eigenvalue weighted by Crippen LogP contribution is 1.95. The van der Waals surface area contributed by atoms with E-state index in [-0.39, 0.29) is 12.0 Å². The minimum atomic E-state index is -1.01. The molecule has 0 bridgehead atoms. The van der Waals surface area contributed by atoms with Crippen molar-refractivity contribution < 1.29 is 15.1 Å². The molecule has 7 nitrogen and oxygen atoms in total. The molecule has 1 atom stereocenters. The van der Waals surface area contributed by atoms with Crippen LogP contribution in [0.15, 0.2) is 4.99 Å². The lowest BCUT2D eigenvalue weighted by Gasteiger charge is -2.11. The number of aliphatic carboxylic acids is 1. The largest absolute Gasteiger partial charge is 0.480 e. The van der Waals surface area contributed by atoms with Gasteiger partial charge in [-0.05, 0) is 26.7 Å². The van der Waals surface area contributed by atoms with E-state index in [0.717, 1.165) is 0 Å². The molecule has 7 heteroatoms. The van der Waals surface area contributed by atoms with Gasteiger partial charge in [-0.1, -0.05) is 0 Å². The standard InChI is InChI=1S/C9H20N4O3/c1-6(2)12-9(13-16)11-5-3-4-7(10)8(14)15/h6-7,16H,3-5,10H2,1-2H3,(H,14,15)(H2,11,12,13)/t7-/m0/s1. The first-order chi connectivity index (χ1) is 7.47. The second-order valence-corrected chi connectivity index (χ2v) is 3.73. The monoisotopic (exact) mass is 232 g/mol. The molecule has 0 saturated heterocycles. The smallest absolute Gasteiger partial charge is 0.320 e. The molecule has 0 unspecified atom stereocenters. The molecule has 0 aliphatic rings. The van der Waals surface area contributed by atoms with E-state index >= 15 is 0 Å². The summed E-state index contributed by atoms with van der Waals surface area (Å²) in [6, 6.07) is -0.696. The van der Waals surface area contributed by atoms with E-state index in [9.17, 15) is 4.79 Å². The Bertz CT molecular complexity index is 243. The van der Waals surface area contributed by atoms with E-state index in [0.29, 0.717) is 19.4 Å². The van der Waals surface area contributed by atoms with Crippen LogP contribution in [0.2, 0.25) is 0 Å². The third kappa shape index (κ3) is 7.02. The van der Waals surface area contributed by atoms with Gasteiger partial charge < -0.3 is 16.2 Å². The van der Waals surface area contributed by atoms with Crippen LogP contribution in [-0.2, 0) is 4.79 Å². The van der Waals surface area contributed by atoms with Gasteiger partial charge in [0.2, 0.25) is 5.96 Å². The number of nitrogens with two attached hydrogens (primary N) is 1.